The quantitative estimate of drug-likeness (QED) is 0.823. The molecule has 0 saturated heterocycles. The molecule has 19 heavy (non-hydrogen) atoms. The zero-order chi connectivity index (χ0) is 13.7. The minimum atomic E-state index is -0.0688. The van der Waals surface area contributed by atoms with Crippen LogP contribution in [0.25, 0.3) is 10.9 Å². The Morgan fingerprint density at radius 3 is 2.89 bits per heavy atom. The van der Waals surface area contributed by atoms with E-state index in [4.69, 9.17) is 11.6 Å². The first-order valence-electron chi connectivity index (χ1n) is 6.13. The molecule has 0 radical (unpaired) electrons. The summed E-state index contributed by atoms with van der Waals surface area (Å²) in [4.78, 5) is 19.8. The molecule has 0 aliphatic carbocycles. The van der Waals surface area contributed by atoms with Gasteiger partial charge in [0.2, 0.25) is 11.2 Å². The number of aromatic nitrogens is 2. The Morgan fingerprint density at radius 1 is 1.32 bits per heavy atom. The molecule has 1 amide bonds. The second kappa shape index (κ2) is 6.33. The monoisotopic (exact) mass is 278 g/mol. The van der Waals surface area contributed by atoms with E-state index in [1.54, 1.807) is 0 Å². The number of hydrogen-bond donors (Lipinski definition) is 2. The third-order valence-corrected chi connectivity index (χ3v) is 2.73. The number of carbonyl (C=O) groups is 1. The highest BCUT2D eigenvalue weighted by Crippen LogP contribution is 2.21. The average molecular weight is 279 g/mol. The Labute approximate surface area is 116 Å². The second-order valence-electron chi connectivity index (χ2n) is 4.06. The van der Waals surface area contributed by atoms with Crippen LogP contribution in [-0.4, -0.2) is 29.0 Å². The van der Waals surface area contributed by atoms with Crippen LogP contribution in [0, 0.1) is 0 Å². The van der Waals surface area contributed by atoms with Crippen molar-refractivity contribution in [1.29, 1.82) is 0 Å². The Hall–Kier alpha value is -1.88. The van der Waals surface area contributed by atoms with Crippen LogP contribution in [0.3, 0.4) is 0 Å². The third-order valence-electron chi connectivity index (χ3n) is 2.56. The van der Waals surface area contributed by atoms with Gasteiger partial charge in [-0.25, -0.2) is 9.97 Å². The van der Waals surface area contributed by atoms with E-state index in [0.717, 1.165) is 17.3 Å². The molecule has 1 aromatic heterocycles. The van der Waals surface area contributed by atoms with Crippen LogP contribution in [0.4, 0.5) is 5.82 Å². The Kier molecular flexibility index (Phi) is 4.52. The van der Waals surface area contributed by atoms with Crippen molar-refractivity contribution in [2.24, 2.45) is 0 Å². The van der Waals surface area contributed by atoms with Crippen LogP contribution >= 0.6 is 11.6 Å². The van der Waals surface area contributed by atoms with E-state index in [-0.39, 0.29) is 17.7 Å². The molecule has 0 bridgehead atoms. The molecule has 6 heteroatoms. The van der Waals surface area contributed by atoms with Crippen molar-refractivity contribution in [3.8, 4) is 0 Å². The molecular weight excluding hydrogens is 264 g/mol. The zero-order valence-corrected chi connectivity index (χ0v) is 11.4. The molecule has 0 saturated carbocycles. The molecule has 2 aromatic rings. The van der Waals surface area contributed by atoms with Gasteiger partial charge in [-0.05, 0) is 30.2 Å². The lowest BCUT2D eigenvalue weighted by atomic mass is 10.2. The summed E-state index contributed by atoms with van der Waals surface area (Å²) in [5.74, 6) is 0.503. The van der Waals surface area contributed by atoms with E-state index in [1.807, 2.05) is 31.2 Å². The van der Waals surface area contributed by atoms with Gasteiger partial charge in [-0.1, -0.05) is 19.1 Å². The van der Waals surface area contributed by atoms with Gasteiger partial charge in [0.15, 0.2) is 0 Å². The molecule has 2 rings (SSSR count). The second-order valence-corrected chi connectivity index (χ2v) is 4.40. The van der Waals surface area contributed by atoms with Gasteiger partial charge in [0.25, 0.3) is 0 Å². The number of rotatable bonds is 5. The maximum Gasteiger partial charge on any atom is 0.239 e. The highest BCUT2D eigenvalue weighted by atomic mass is 35.5. The number of anilines is 1. The summed E-state index contributed by atoms with van der Waals surface area (Å²) in [6, 6.07) is 7.51. The first-order chi connectivity index (χ1) is 9.20. The van der Waals surface area contributed by atoms with Crippen LogP contribution in [0.15, 0.2) is 24.3 Å². The summed E-state index contributed by atoms with van der Waals surface area (Å²) in [7, 11) is 0. The first-order valence-corrected chi connectivity index (χ1v) is 6.51. The lowest BCUT2D eigenvalue weighted by Gasteiger charge is -2.09. The molecule has 5 nitrogen and oxygen atoms in total. The van der Waals surface area contributed by atoms with Gasteiger partial charge in [0.05, 0.1) is 12.1 Å². The molecule has 0 aliphatic heterocycles. The molecule has 1 aromatic carbocycles. The maximum absolute atomic E-state index is 11.5. The maximum atomic E-state index is 11.5. The highest BCUT2D eigenvalue weighted by molar-refractivity contribution is 6.28. The summed E-state index contributed by atoms with van der Waals surface area (Å²) >= 11 is 5.86. The van der Waals surface area contributed by atoms with E-state index in [9.17, 15) is 4.79 Å². The van der Waals surface area contributed by atoms with E-state index >= 15 is 0 Å². The van der Waals surface area contributed by atoms with Crippen molar-refractivity contribution in [3.63, 3.8) is 0 Å². The number of hydrogen-bond acceptors (Lipinski definition) is 4. The summed E-state index contributed by atoms with van der Waals surface area (Å²) in [5.41, 5.74) is 0.749. The molecule has 0 fully saturated rings. The predicted octanol–water partition coefficient (Wildman–Crippen LogP) is 2.22. The Bertz CT molecular complexity index is 588. The molecule has 2 N–H and O–H groups in total. The van der Waals surface area contributed by atoms with Gasteiger partial charge in [-0.15, -0.1) is 0 Å². The van der Waals surface area contributed by atoms with Crippen LogP contribution in [0.5, 0.6) is 0 Å². The van der Waals surface area contributed by atoms with E-state index in [0.29, 0.717) is 12.4 Å². The molecule has 100 valence electrons. The van der Waals surface area contributed by atoms with Crippen molar-refractivity contribution in [3.05, 3.63) is 29.5 Å². The Balaban J connectivity index is 2.14. The summed E-state index contributed by atoms with van der Waals surface area (Å²) in [6.07, 6.45) is 0.911. The normalized spacial score (nSPS) is 10.4. The molecule has 0 spiro atoms. The SMILES string of the molecule is CCCNC(=O)CNc1nc(Cl)nc2ccccc12. The number of carbonyl (C=O) groups excluding carboxylic acids is 1. The average Bonchev–Trinajstić information content (AvgIpc) is 2.42. The number of halogens is 1. The summed E-state index contributed by atoms with van der Waals surface area (Å²) in [5, 5.41) is 6.78. The minimum Gasteiger partial charge on any atom is -0.360 e. The first kappa shape index (κ1) is 13.5. The number of nitrogens with zero attached hydrogens (tertiary/aromatic N) is 2. The van der Waals surface area contributed by atoms with Crippen molar-refractivity contribution in [2.75, 3.05) is 18.4 Å². The number of fused-ring (bicyclic) bond motifs is 1. The van der Waals surface area contributed by atoms with Crippen molar-refractivity contribution in [2.45, 2.75) is 13.3 Å². The van der Waals surface area contributed by atoms with Crippen molar-refractivity contribution >= 4 is 34.2 Å². The van der Waals surface area contributed by atoms with E-state index in [2.05, 4.69) is 20.6 Å². The van der Waals surface area contributed by atoms with Gasteiger partial charge in [0, 0.05) is 11.9 Å². The van der Waals surface area contributed by atoms with Gasteiger partial charge in [0.1, 0.15) is 5.82 Å². The number of para-hydroxylation sites is 1. The lowest BCUT2D eigenvalue weighted by Crippen LogP contribution is -2.30. The van der Waals surface area contributed by atoms with Gasteiger partial charge in [-0.2, -0.15) is 0 Å². The van der Waals surface area contributed by atoms with E-state index < -0.39 is 0 Å². The summed E-state index contributed by atoms with van der Waals surface area (Å²) in [6.45, 7) is 2.84. The zero-order valence-electron chi connectivity index (χ0n) is 10.6. The molecule has 0 atom stereocenters. The Morgan fingerprint density at radius 2 is 2.11 bits per heavy atom. The fourth-order valence-electron chi connectivity index (χ4n) is 1.67. The lowest BCUT2D eigenvalue weighted by molar-refractivity contribution is -0.119. The minimum absolute atomic E-state index is 0.0688. The van der Waals surface area contributed by atoms with Crippen LogP contribution in [0.1, 0.15) is 13.3 Å². The number of benzene rings is 1. The van der Waals surface area contributed by atoms with Crippen LogP contribution in [-0.2, 0) is 4.79 Å². The van der Waals surface area contributed by atoms with Crippen LogP contribution in [0.2, 0.25) is 5.28 Å². The largest absolute Gasteiger partial charge is 0.360 e. The molecular formula is C13H15ClN4O. The van der Waals surface area contributed by atoms with Crippen molar-refractivity contribution in [1.82, 2.24) is 15.3 Å². The van der Waals surface area contributed by atoms with Crippen molar-refractivity contribution < 1.29 is 4.79 Å². The number of amides is 1. The topological polar surface area (TPSA) is 66.9 Å². The van der Waals surface area contributed by atoms with Gasteiger partial charge in [-0.3, -0.25) is 4.79 Å². The predicted molar refractivity (Wildman–Crippen MR) is 76.3 cm³/mol. The third kappa shape index (κ3) is 3.54. The van der Waals surface area contributed by atoms with Gasteiger partial charge < -0.3 is 10.6 Å². The standard InChI is InChI=1S/C13H15ClN4O/c1-2-7-15-11(19)8-16-12-9-5-3-4-6-10(9)17-13(14)18-12/h3-6H,2,7-8H2,1H3,(H,15,19)(H,16,17,18). The molecule has 0 aliphatic rings. The molecule has 1 heterocycles. The molecule has 0 unspecified atom stereocenters. The number of nitrogens with one attached hydrogen (secondary N) is 2. The van der Waals surface area contributed by atoms with E-state index in [1.165, 1.54) is 0 Å². The summed E-state index contributed by atoms with van der Waals surface area (Å²) < 4.78 is 0. The highest BCUT2D eigenvalue weighted by Gasteiger charge is 2.07. The van der Waals surface area contributed by atoms with Gasteiger partial charge >= 0.3 is 0 Å². The van der Waals surface area contributed by atoms with Crippen LogP contribution < -0.4 is 10.6 Å². The smallest absolute Gasteiger partial charge is 0.239 e. The fourth-order valence-corrected chi connectivity index (χ4v) is 1.85. The fraction of sp³-hybridized carbons (Fsp3) is 0.308.